The number of nitrogens with zero attached hydrogens (tertiary/aromatic N) is 2. The van der Waals surface area contributed by atoms with Gasteiger partial charge < -0.3 is 15.0 Å². The molecule has 4 nitrogen and oxygen atoms in total. The molecule has 0 radical (unpaired) electrons. The number of nitrogens with one attached hydrogen (secondary N) is 1. The van der Waals surface area contributed by atoms with Gasteiger partial charge in [-0.2, -0.15) is 0 Å². The van der Waals surface area contributed by atoms with Crippen LogP contribution in [0.5, 0.6) is 0 Å². The zero-order chi connectivity index (χ0) is 12.8. The number of hydrogen-bond acceptors (Lipinski definition) is 4. The smallest absolute Gasteiger partial charge is 0.0594 e. The average molecular weight is 255 g/mol. The first-order chi connectivity index (χ1) is 8.83. The van der Waals surface area contributed by atoms with Gasteiger partial charge in [0.05, 0.1) is 13.2 Å². The summed E-state index contributed by atoms with van der Waals surface area (Å²) < 4.78 is 5.43. The molecule has 2 unspecified atom stereocenters. The first-order valence-electron chi connectivity index (χ1n) is 7.55. The van der Waals surface area contributed by atoms with E-state index in [1.807, 2.05) is 0 Å². The van der Waals surface area contributed by atoms with Crippen molar-refractivity contribution in [3.05, 3.63) is 0 Å². The first kappa shape index (κ1) is 14.3. The third-order valence-electron chi connectivity index (χ3n) is 4.33. The van der Waals surface area contributed by atoms with E-state index >= 15 is 0 Å². The summed E-state index contributed by atoms with van der Waals surface area (Å²) in [6, 6.07) is 1.44. The van der Waals surface area contributed by atoms with Crippen LogP contribution in [0, 0.1) is 0 Å². The summed E-state index contributed by atoms with van der Waals surface area (Å²) in [5.41, 5.74) is 0. The normalized spacial score (nSPS) is 28.7. The number of likely N-dealkylation sites (N-methyl/N-ethyl adjacent to an activating group) is 1. The summed E-state index contributed by atoms with van der Waals surface area (Å²) in [4.78, 5) is 5.26. The van der Waals surface area contributed by atoms with Gasteiger partial charge in [0.2, 0.25) is 0 Å². The molecule has 0 aliphatic carbocycles. The second kappa shape index (κ2) is 7.43. The maximum atomic E-state index is 5.43. The fraction of sp³-hybridized carbons (Fsp3) is 1.00. The Morgan fingerprint density at radius 3 is 2.72 bits per heavy atom. The highest BCUT2D eigenvalue weighted by Crippen LogP contribution is 2.17. The van der Waals surface area contributed by atoms with Crippen molar-refractivity contribution in [1.29, 1.82) is 0 Å². The van der Waals surface area contributed by atoms with Gasteiger partial charge in [-0.1, -0.05) is 13.3 Å². The van der Waals surface area contributed by atoms with Crippen molar-refractivity contribution < 1.29 is 4.74 Å². The minimum atomic E-state index is 0.665. The van der Waals surface area contributed by atoms with Gasteiger partial charge in [0.25, 0.3) is 0 Å². The Kier molecular flexibility index (Phi) is 5.89. The Morgan fingerprint density at radius 1 is 1.28 bits per heavy atom. The van der Waals surface area contributed by atoms with E-state index in [2.05, 4.69) is 29.1 Å². The molecule has 0 bridgehead atoms. The van der Waals surface area contributed by atoms with Gasteiger partial charge in [0, 0.05) is 38.3 Å². The maximum Gasteiger partial charge on any atom is 0.0594 e. The highest BCUT2D eigenvalue weighted by atomic mass is 16.5. The van der Waals surface area contributed by atoms with E-state index in [0.717, 1.165) is 32.3 Å². The molecule has 2 rings (SSSR count). The van der Waals surface area contributed by atoms with Crippen LogP contribution in [0.2, 0.25) is 0 Å². The van der Waals surface area contributed by atoms with E-state index in [1.54, 1.807) is 0 Å². The fourth-order valence-electron chi connectivity index (χ4n) is 3.21. The zero-order valence-electron chi connectivity index (χ0n) is 12.0. The highest BCUT2D eigenvalue weighted by molar-refractivity contribution is 4.86. The van der Waals surface area contributed by atoms with Crippen LogP contribution >= 0.6 is 0 Å². The third-order valence-corrected chi connectivity index (χ3v) is 4.33. The molecule has 2 aliphatic rings. The van der Waals surface area contributed by atoms with Crippen LogP contribution in [0.1, 0.15) is 26.2 Å². The molecule has 2 saturated heterocycles. The Balaban J connectivity index is 1.73. The van der Waals surface area contributed by atoms with Crippen LogP contribution in [0.4, 0.5) is 0 Å². The van der Waals surface area contributed by atoms with Crippen LogP contribution in [0.15, 0.2) is 0 Å². The Hall–Kier alpha value is -0.160. The number of likely N-dealkylation sites (tertiary alicyclic amines) is 1. The van der Waals surface area contributed by atoms with Crippen molar-refractivity contribution in [2.24, 2.45) is 0 Å². The van der Waals surface area contributed by atoms with Crippen LogP contribution in [0.3, 0.4) is 0 Å². The van der Waals surface area contributed by atoms with E-state index in [9.17, 15) is 0 Å². The lowest BCUT2D eigenvalue weighted by Gasteiger charge is -2.32. The minimum absolute atomic E-state index is 0.665. The molecule has 0 saturated carbocycles. The second-order valence-corrected chi connectivity index (χ2v) is 5.62. The third kappa shape index (κ3) is 3.92. The highest BCUT2D eigenvalue weighted by Gasteiger charge is 2.29. The molecule has 106 valence electrons. The monoisotopic (exact) mass is 255 g/mol. The Bertz CT molecular complexity index is 231. The molecule has 0 aromatic carbocycles. The number of rotatable bonds is 6. The molecule has 0 amide bonds. The molecule has 2 atom stereocenters. The summed E-state index contributed by atoms with van der Waals surface area (Å²) in [6.07, 6.45) is 3.89. The zero-order valence-corrected chi connectivity index (χ0v) is 12.0. The molecule has 18 heavy (non-hydrogen) atoms. The lowest BCUT2D eigenvalue weighted by molar-refractivity contribution is 0.0183. The van der Waals surface area contributed by atoms with Gasteiger partial charge >= 0.3 is 0 Å². The Labute approximate surface area is 112 Å². The SMILES string of the molecule is CCCC(CN1CCC(N2CCOCC2)C1)NC. The lowest BCUT2D eigenvalue weighted by atomic mass is 10.1. The molecule has 0 spiro atoms. The molecule has 0 aromatic rings. The molecule has 0 aromatic heterocycles. The molecule has 1 N–H and O–H groups in total. The quantitative estimate of drug-likeness (QED) is 0.759. The van der Waals surface area contributed by atoms with Crippen molar-refractivity contribution in [2.45, 2.75) is 38.3 Å². The Morgan fingerprint density at radius 2 is 2.06 bits per heavy atom. The molecular formula is C14H29N3O. The standard InChI is InChI=1S/C14H29N3O/c1-3-4-13(15-2)11-16-6-5-14(12-16)17-7-9-18-10-8-17/h13-15H,3-12H2,1-2H3. The second-order valence-electron chi connectivity index (χ2n) is 5.62. The fourth-order valence-corrected chi connectivity index (χ4v) is 3.21. The van der Waals surface area contributed by atoms with Gasteiger partial charge in [0.1, 0.15) is 0 Å². The lowest BCUT2D eigenvalue weighted by Crippen LogP contribution is -2.45. The van der Waals surface area contributed by atoms with Gasteiger partial charge in [0.15, 0.2) is 0 Å². The largest absolute Gasteiger partial charge is 0.379 e. The van der Waals surface area contributed by atoms with Crippen LogP contribution in [0.25, 0.3) is 0 Å². The summed E-state index contributed by atoms with van der Waals surface area (Å²) in [5.74, 6) is 0. The van der Waals surface area contributed by atoms with Crippen LogP contribution in [-0.4, -0.2) is 74.9 Å². The van der Waals surface area contributed by atoms with Crippen molar-refractivity contribution in [1.82, 2.24) is 15.1 Å². The summed E-state index contributed by atoms with van der Waals surface area (Å²) in [6.45, 7) is 10.1. The number of hydrogen-bond donors (Lipinski definition) is 1. The first-order valence-corrected chi connectivity index (χ1v) is 7.55. The number of morpholine rings is 1. The van der Waals surface area contributed by atoms with Gasteiger partial charge in [-0.25, -0.2) is 0 Å². The molecule has 4 heteroatoms. The topological polar surface area (TPSA) is 27.7 Å². The van der Waals surface area contributed by atoms with Gasteiger partial charge in [-0.15, -0.1) is 0 Å². The molecular weight excluding hydrogens is 226 g/mol. The van der Waals surface area contributed by atoms with Crippen LogP contribution in [-0.2, 0) is 4.74 Å². The average Bonchev–Trinajstić information content (AvgIpc) is 2.88. The van der Waals surface area contributed by atoms with E-state index in [0.29, 0.717) is 6.04 Å². The summed E-state index contributed by atoms with van der Waals surface area (Å²) in [7, 11) is 2.09. The van der Waals surface area contributed by atoms with Gasteiger partial charge in [-0.05, 0) is 26.4 Å². The van der Waals surface area contributed by atoms with E-state index in [4.69, 9.17) is 4.74 Å². The predicted molar refractivity (Wildman–Crippen MR) is 75.0 cm³/mol. The summed E-state index contributed by atoms with van der Waals surface area (Å²) in [5, 5.41) is 3.45. The predicted octanol–water partition coefficient (Wildman–Crippen LogP) is 0.781. The van der Waals surface area contributed by atoms with Crippen molar-refractivity contribution in [3.63, 3.8) is 0 Å². The van der Waals surface area contributed by atoms with E-state index < -0.39 is 0 Å². The van der Waals surface area contributed by atoms with Crippen molar-refractivity contribution in [3.8, 4) is 0 Å². The minimum Gasteiger partial charge on any atom is -0.379 e. The van der Waals surface area contributed by atoms with E-state index in [-0.39, 0.29) is 0 Å². The molecule has 2 fully saturated rings. The number of ether oxygens (including phenoxy) is 1. The van der Waals surface area contributed by atoms with E-state index in [1.165, 1.54) is 38.9 Å². The van der Waals surface area contributed by atoms with Crippen molar-refractivity contribution in [2.75, 3.05) is 53.0 Å². The van der Waals surface area contributed by atoms with Crippen LogP contribution < -0.4 is 5.32 Å². The van der Waals surface area contributed by atoms with Crippen molar-refractivity contribution >= 4 is 0 Å². The van der Waals surface area contributed by atoms with Gasteiger partial charge in [-0.3, -0.25) is 4.90 Å². The summed E-state index contributed by atoms with van der Waals surface area (Å²) >= 11 is 0. The molecule has 2 heterocycles. The molecule has 2 aliphatic heterocycles. The maximum absolute atomic E-state index is 5.43.